The van der Waals surface area contributed by atoms with Gasteiger partial charge in [0, 0.05) is 47.6 Å². The molecule has 0 aliphatic carbocycles. The van der Waals surface area contributed by atoms with Gasteiger partial charge in [0.05, 0.1) is 11.6 Å². The van der Waals surface area contributed by atoms with Crippen LogP contribution < -0.4 is 0 Å². The van der Waals surface area contributed by atoms with Crippen LogP contribution in [0.25, 0.3) is 98.5 Å². The van der Waals surface area contributed by atoms with Gasteiger partial charge in [-0.1, -0.05) is 115 Å². The van der Waals surface area contributed by atoms with E-state index in [1.54, 1.807) is 11.3 Å². The molecule has 0 unspecified atom stereocenters. The summed E-state index contributed by atoms with van der Waals surface area (Å²) in [6.45, 7) is 0. The zero-order valence-corrected chi connectivity index (χ0v) is 28.4. The molecule has 0 bridgehead atoms. The van der Waals surface area contributed by atoms with Crippen molar-refractivity contribution in [3.63, 3.8) is 0 Å². The minimum atomic E-state index is 0.563. The molecule has 0 fully saturated rings. The van der Waals surface area contributed by atoms with E-state index in [4.69, 9.17) is 19.4 Å². The molecule has 0 radical (unpaired) electrons. The highest BCUT2D eigenvalue weighted by molar-refractivity contribution is 7.25. The number of aromatic nitrogens is 3. The fraction of sp³-hybridized carbons (Fsp3) is 0. The average molecular weight is 683 g/mol. The highest BCUT2D eigenvalue weighted by atomic mass is 32.1. The molecular formula is C46H26N4OS. The summed E-state index contributed by atoms with van der Waals surface area (Å²) in [6.07, 6.45) is 0. The highest BCUT2D eigenvalue weighted by Crippen LogP contribution is 2.41. The van der Waals surface area contributed by atoms with Crippen molar-refractivity contribution in [1.29, 1.82) is 5.26 Å². The Labute approximate surface area is 302 Å². The first-order valence-corrected chi connectivity index (χ1v) is 17.8. The molecule has 0 N–H and O–H groups in total. The molecule has 52 heavy (non-hydrogen) atoms. The Hall–Kier alpha value is -6.94. The van der Waals surface area contributed by atoms with E-state index in [2.05, 4.69) is 91.0 Å². The zero-order chi connectivity index (χ0) is 34.6. The van der Waals surface area contributed by atoms with Gasteiger partial charge in [0.25, 0.3) is 0 Å². The summed E-state index contributed by atoms with van der Waals surface area (Å²) in [4.78, 5) is 15.4. The molecule has 0 saturated carbocycles. The van der Waals surface area contributed by atoms with Gasteiger partial charge in [-0.05, 0) is 64.7 Å². The number of fused-ring (bicyclic) bond motifs is 6. The molecule has 242 valence electrons. The normalized spacial score (nSPS) is 11.4. The number of furan rings is 1. The van der Waals surface area contributed by atoms with Gasteiger partial charge in [0.2, 0.25) is 0 Å². The minimum Gasteiger partial charge on any atom is -0.456 e. The Balaban J connectivity index is 1.15. The summed E-state index contributed by atoms with van der Waals surface area (Å²) in [5.74, 6) is 1.74. The third-order valence-electron chi connectivity index (χ3n) is 9.59. The maximum absolute atomic E-state index is 9.43. The molecule has 0 atom stereocenters. The van der Waals surface area contributed by atoms with Gasteiger partial charge >= 0.3 is 0 Å². The second kappa shape index (κ2) is 12.1. The molecule has 10 aromatic rings. The second-order valence-electron chi connectivity index (χ2n) is 12.7. The third-order valence-corrected chi connectivity index (χ3v) is 10.7. The number of hydrogen-bond acceptors (Lipinski definition) is 6. The summed E-state index contributed by atoms with van der Waals surface area (Å²) in [6, 6.07) is 55.7. The lowest BCUT2D eigenvalue weighted by Crippen LogP contribution is -2.00. The number of benzene rings is 7. The Morgan fingerprint density at radius 2 is 1.12 bits per heavy atom. The zero-order valence-electron chi connectivity index (χ0n) is 27.6. The molecular weight excluding hydrogens is 657 g/mol. The lowest BCUT2D eigenvalue weighted by atomic mass is 9.99. The van der Waals surface area contributed by atoms with Crippen molar-refractivity contribution in [3.8, 4) is 62.5 Å². The van der Waals surface area contributed by atoms with Crippen LogP contribution in [0.3, 0.4) is 0 Å². The number of thiophene rings is 1. The summed E-state index contributed by atoms with van der Waals surface area (Å²) >= 11 is 1.77. The summed E-state index contributed by atoms with van der Waals surface area (Å²) < 4.78 is 8.89. The maximum atomic E-state index is 9.43. The summed E-state index contributed by atoms with van der Waals surface area (Å²) in [5.41, 5.74) is 9.16. The molecule has 10 rings (SSSR count). The Kier molecular flexibility index (Phi) is 6.98. The predicted molar refractivity (Wildman–Crippen MR) is 212 cm³/mol. The van der Waals surface area contributed by atoms with Crippen LogP contribution in [0.2, 0.25) is 0 Å². The predicted octanol–water partition coefficient (Wildman–Crippen LogP) is 12.3. The minimum absolute atomic E-state index is 0.563. The van der Waals surface area contributed by atoms with Gasteiger partial charge < -0.3 is 4.42 Å². The van der Waals surface area contributed by atoms with Crippen LogP contribution in [0.5, 0.6) is 0 Å². The first kappa shape index (κ1) is 29.9. The third kappa shape index (κ3) is 5.03. The van der Waals surface area contributed by atoms with Crippen LogP contribution in [0.4, 0.5) is 0 Å². The average Bonchev–Trinajstić information content (AvgIpc) is 3.79. The van der Waals surface area contributed by atoms with E-state index >= 15 is 0 Å². The Bertz CT molecular complexity index is 3030. The van der Waals surface area contributed by atoms with E-state index in [0.29, 0.717) is 23.0 Å². The summed E-state index contributed by atoms with van der Waals surface area (Å²) in [5, 5.41) is 13.9. The number of rotatable bonds is 5. The quantitative estimate of drug-likeness (QED) is 0.181. The van der Waals surface area contributed by atoms with Crippen molar-refractivity contribution < 1.29 is 4.42 Å². The first-order chi connectivity index (χ1) is 25.7. The monoisotopic (exact) mass is 682 g/mol. The van der Waals surface area contributed by atoms with Crippen LogP contribution in [0.15, 0.2) is 162 Å². The molecule has 0 amide bonds. The topological polar surface area (TPSA) is 75.6 Å². The fourth-order valence-electron chi connectivity index (χ4n) is 7.12. The fourth-order valence-corrected chi connectivity index (χ4v) is 8.25. The van der Waals surface area contributed by atoms with Crippen LogP contribution in [0.1, 0.15) is 5.56 Å². The Morgan fingerprint density at radius 1 is 0.442 bits per heavy atom. The molecule has 0 aliphatic heterocycles. The smallest absolute Gasteiger partial charge is 0.164 e. The Morgan fingerprint density at radius 3 is 1.98 bits per heavy atom. The van der Waals surface area contributed by atoms with Crippen LogP contribution >= 0.6 is 11.3 Å². The molecule has 0 aliphatic rings. The van der Waals surface area contributed by atoms with E-state index in [9.17, 15) is 5.26 Å². The van der Waals surface area contributed by atoms with E-state index in [0.717, 1.165) is 66.3 Å². The molecule has 0 saturated heterocycles. The SMILES string of the molecule is N#Cc1cccc(-c2ccc(-c3nc(-c4ccc5c(c4)oc4cccc(-c6ccccc6)c45)nc(-c4cccc5sc6ccccc6c45)n3)cc2)c1. The number of nitriles is 1. The van der Waals surface area contributed by atoms with Crippen LogP contribution in [0, 0.1) is 11.3 Å². The van der Waals surface area contributed by atoms with Gasteiger partial charge in [-0.15, -0.1) is 11.3 Å². The lowest BCUT2D eigenvalue weighted by Gasteiger charge is -2.10. The first-order valence-electron chi connectivity index (χ1n) is 17.0. The van der Waals surface area contributed by atoms with Crippen LogP contribution in [-0.4, -0.2) is 15.0 Å². The lowest BCUT2D eigenvalue weighted by molar-refractivity contribution is 0.669. The standard InChI is InChI=1S/C46H26N4OS/c47-27-28-9-6-12-32(25-28)29-19-21-31(22-20-29)44-48-45(50-46(49-44)37-15-8-18-41-43(37)36-13-4-5-17-40(36)52-41)33-23-24-35-39(26-33)51-38-16-7-14-34(42(35)38)30-10-2-1-3-11-30/h1-26H. The van der Waals surface area contributed by atoms with Gasteiger partial charge in [-0.25, -0.2) is 15.0 Å². The van der Waals surface area contributed by atoms with Crippen molar-refractivity contribution in [2.24, 2.45) is 0 Å². The van der Waals surface area contributed by atoms with Crippen molar-refractivity contribution in [1.82, 2.24) is 15.0 Å². The van der Waals surface area contributed by atoms with Crippen LogP contribution in [-0.2, 0) is 0 Å². The van der Waals surface area contributed by atoms with E-state index in [1.807, 2.05) is 72.8 Å². The summed E-state index contributed by atoms with van der Waals surface area (Å²) in [7, 11) is 0. The number of nitrogens with zero attached hydrogens (tertiary/aromatic N) is 4. The second-order valence-corrected chi connectivity index (χ2v) is 13.8. The molecule has 6 heteroatoms. The van der Waals surface area contributed by atoms with Gasteiger partial charge in [-0.2, -0.15) is 5.26 Å². The molecule has 3 aromatic heterocycles. The largest absolute Gasteiger partial charge is 0.456 e. The van der Waals surface area contributed by atoms with E-state index in [1.165, 1.54) is 14.8 Å². The maximum Gasteiger partial charge on any atom is 0.164 e. The van der Waals surface area contributed by atoms with Crippen molar-refractivity contribution in [2.45, 2.75) is 0 Å². The van der Waals surface area contributed by atoms with Gasteiger partial charge in [-0.3, -0.25) is 0 Å². The molecule has 3 heterocycles. The van der Waals surface area contributed by atoms with Crippen molar-refractivity contribution in [3.05, 3.63) is 163 Å². The van der Waals surface area contributed by atoms with Crippen molar-refractivity contribution >= 4 is 53.4 Å². The molecule has 7 aromatic carbocycles. The molecule has 5 nitrogen and oxygen atoms in total. The number of hydrogen-bond donors (Lipinski definition) is 0. The highest BCUT2D eigenvalue weighted by Gasteiger charge is 2.19. The van der Waals surface area contributed by atoms with Gasteiger partial charge in [0.1, 0.15) is 11.2 Å². The molecule has 0 spiro atoms. The van der Waals surface area contributed by atoms with Crippen molar-refractivity contribution in [2.75, 3.05) is 0 Å². The van der Waals surface area contributed by atoms with E-state index < -0.39 is 0 Å². The van der Waals surface area contributed by atoms with Gasteiger partial charge in [0.15, 0.2) is 17.5 Å². The van der Waals surface area contributed by atoms with E-state index in [-0.39, 0.29) is 0 Å².